The fourth-order valence-electron chi connectivity index (χ4n) is 2.19. The van der Waals surface area contributed by atoms with Gasteiger partial charge in [-0.15, -0.1) is 24.2 Å². The zero-order valence-electron chi connectivity index (χ0n) is 11.4. The molecule has 1 fully saturated rings. The third-order valence-corrected chi connectivity index (χ3v) is 4.86. The first-order valence-electron chi connectivity index (χ1n) is 6.53. The SMILES string of the molecule is CC(N)C(=O)N1CCC(Sc2ccc(Cl)cc2)CC1.Cl. The first-order chi connectivity index (χ1) is 9.06. The maximum absolute atomic E-state index is 11.8. The number of hydrogen-bond acceptors (Lipinski definition) is 3. The number of piperidine rings is 1. The van der Waals surface area contributed by atoms with E-state index in [0.29, 0.717) is 5.25 Å². The average molecular weight is 335 g/mol. The summed E-state index contributed by atoms with van der Waals surface area (Å²) in [6, 6.07) is 7.54. The van der Waals surface area contributed by atoms with Crippen LogP contribution in [0.1, 0.15) is 19.8 Å². The van der Waals surface area contributed by atoms with Gasteiger partial charge in [-0.05, 0) is 44.0 Å². The lowest BCUT2D eigenvalue weighted by Crippen LogP contribution is -2.46. The van der Waals surface area contributed by atoms with Gasteiger partial charge in [0, 0.05) is 28.3 Å². The van der Waals surface area contributed by atoms with Crippen molar-refractivity contribution in [1.82, 2.24) is 4.90 Å². The molecule has 0 radical (unpaired) electrons. The molecular weight excluding hydrogens is 315 g/mol. The molecule has 112 valence electrons. The number of hydrogen-bond donors (Lipinski definition) is 1. The van der Waals surface area contributed by atoms with E-state index >= 15 is 0 Å². The predicted molar refractivity (Wildman–Crippen MR) is 87.8 cm³/mol. The molecule has 0 bridgehead atoms. The van der Waals surface area contributed by atoms with Gasteiger partial charge in [0.2, 0.25) is 5.91 Å². The fraction of sp³-hybridized carbons (Fsp3) is 0.500. The van der Waals surface area contributed by atoms with Crippen LogP contribution in [0, 0.1) is 0 Å². The Kier molecular flexibility index (Phi) is 7.17. The molecule has 1 aromatic rings. The van der Waals surface area contributed by atoms with Crippen molar-refractivity contribution in [3.63, 3.8) is 0 Å². The van der Waals surface area contributed by atoms with E-state index in [1.165, 1.54) is 4.90 Å². The third kappa shape index (κ3) is 4.85. The molecule has 1 amide bonds. The summed E-state index contributed by atoms with van der Waals surface area (Å²) >= 11 is 7.74. The van der Waals surface area contributed by atoms with Crippen molar-refractivity contribution in [3.8, 4) is 0 Å². The van der Waals surface area contributed by atoms with Crippen molar-refractivity contribution >= 4 is 41.7 Å². The van der Waals surface area contributed by atoms with E-state index in [9.17, 15) is 4.79 Å². The van der Waals surface area contributed by atoms with Gasteiger partial charge in [-0.25, -0.2) is 0 Å². The quantitative estimate of drug-likeness (QED) is 0.923. The Morgan fingerprint density at radius 2 is 1.90 bits per heavy atom. The van der Waals surface area contributed by atoms with Gasteiger partial charge in [-0.1, -0.05) is 11.6 Å². The molecule has 1 heterocycles. The molecule has 0 saturated carbocycles. The molecule has 0 aromatic heterocycles. The summed E-state index contributed by atoms with van der Waals surface area (Å²) in [5.41, 5.74) is 5.63. The van der Waals surface area contributed by atoms with E-state index < -0.39 is 0 Å². The molecule has 1 atom stereocenters. The van der Waals surface area contributed by atoms with E-state index in [1.807, 2.05) is 40.9 Å². The van der Waals surface area contributed by atoms with E-state index in [4.69, 9.17) is 17.3 Å². The van der Waals surface area contributed by atoms with Crippen molar-refractivity contribution < 1.29 is 4.79 Å². The van der Waals surface area contributed by atoms with Gasteiger partial charge in [0.1, 0.15) is 0 Å². The van der Waals surface area contributed by atoms with Gasteiger partial charge in [0.15, 0.2) is 0 Å². The zero-order chi connectivity index (χ0) is 13.8. The Morgan fingerprint density at radius 3 is 2.40 bits per heavy atom. The van der Waals surface area contributed by atoms with Crippen molar-refractivity contribution in [2.45, 2.75) is 36.0 Å². The normalized spacial score (nSPS) is 17.4. The Balaban J connectivity index is 0.00000200. The third-order valence-electron chi connectivity index (χ3n) is 3.26. The molecule has 1 aliphatic rings. The standard InChI is InChI=1S/C14H19ClN2OS.ClH/c1-10(16)14(18)17-8-6-13(7-9-17)19-12-4-2-11(15)3-5-12;/h2-5,10,13H,6-9,16H2,1H3;1H. The van der Waals surface area contributed by atoms with Crippen molar-refractivity contribution in [1.29, 1.82) is 0 Å². The summed E-state index contributed by atoms with van der Waals surface area (Å²) in [6.45, 7) is 3.37. The maximum atomic E-state index is 11.8. The second-order valence-corrected chi connectivity index (χ2v) is 6.70. The van der Waals surface area contributed by atoms with Crippen LogP contribution in [-0.2, 0) is 4.79 Å². The van der Waals surface area contributed by atoms with E-state index in [1.54, 1.807) is 6.92 Å². The number of carbonyl (C=O) groups excluding carboxylic acids is 1. The summed E-state index contributed by atoms with van der Waals surface area (Å²) in [5, 5.41) is 1.33. The molecule has 0 aliphatic carbocycles. The maximum Gasteiger partial charge on any atom is 0.239 e. The summed E-state index contributed by atoms with van der Waals surface area (Å²) in [4.78, 5) is 14.9. The summed E-state index contributed by atoms with van der Waals surface area (Å²) < 4.78 is 0. The van der Waals surface area contributed by atoms with Crippen molar-refractivity contribution in [2.24, 2.45) is 5.73 Å². The Labute approximate surface area is 135 Å². The first kappa shape index (κ1) is 17.6. The topological polar surface area (TPSA) is 46.3 Å². The minimum atomic E-state index is -0.388. The predicted octanol–water partition coefficient (Wildman–Crippen LogP) is 3.19. The number of nitrogens with zero attached hydrogens (tertiary/aromatic N) is 1. The van der Waals surface area contributed by atoms with Gasteiger partial charge < -0.3 is 10.6 Å². The highest BCUT2D eigenvalue weighted by Gasteiger charge is 2.24. The van der Waals surface area contributed by atoms with Gasteiger partial charge in [-0.2, -0.15) is 0 Å². The smallest absolute Gasteiger partial charge is 0.239 e. The molecule has 2 N–H and O–H groups in total. The van der Waals surface area contributed by atoms with Gasteiger partial charge in [0.05, 0.1) is 6.04 Å². The van der Waals surface area contributed by atoms with Crippen LogP contribution in [0.5, 0.6) is 0 Å². The van der Waals surface area contributed by atoms with Crippen LogP contribution >= 0.6 is 35.8 Å². The highest BCUT2D eigenvalue weighted by Crippen LogP contribution is 2.31. The second kappa shape index (κ2) is 8.13. The summed E-state index contributed by atoms with van der Waals surface area (Å²) in [6.07, 6.45) is 2.04. The van der Waals surface area contributed by atoms with Crippen LogP contribution in [0.4, 0.5) is 0 Å². The fourth-order valence-corrected chi connectivity index (χ4v) is 3.44. The minimum absolute atomic E-state index is 0. The Bertz CT molecular complexity index is 431. The van der Waals surface area contributed by atoms with Gasteiger partial charge in [-0.3, -0.25) is 4.79 Å². The second-order valence-electron chi connectivity index (χ2n) is 4.89. The Morgan fingerprint density at radius 1 is 1.35 bits per heavy atom. The molecule has 0 spiro atoms. The van der Waals surface area contributed by atoms with Crippen molar-refractivity contribution in [2.75, 3.05) is 13.1 Å². The van der Waals surface area contributed by atoms with Crippen molar-refractivity contribution in [3.05, 3.63) is 29.3 Å². The van der Waals surface area contributed by atoms with E-state index in [0.717, 1.165) is 31.0 Å². The van der Waals surface area contributed by atoms with E-state index in [2.05, 4.69) is 0 Å². The molecule has 3 nitrogen and oxygen atoms in total. The number of carbonyl (C=O) groups is 1. The number of halogens is 2. The van der Waals surface area contributed by atoms with Crippen LogP contribution in [0.25, 0.3) is 0 Å². The number of thioether (sulfide) groups is 1. The molecule has 20 heavy (non-hydrogen) atoms. The summed E-state index contributed by atoms with van der Waals surface area (Å²) in [5.74, 6) is 0.0648. The minimum Gasteiger partial charge on any atom is -0.341 e. The average Bonchev–Trinajstić information content (AvgIpc) is 2.41. The number of rotatable bonds is 3. The van der Waals surface area contributed by atoms with Crippen LogP contribution in [0.15, 0.2) is 29.2 Å². The number of amides is 1. The van der Waals surface area contributed by atoms with E-state index in [-0.39, 0.29) is 24.4 Å². The largest absolute Gasteiger partial charge is 0.341 e. The lowest BCUT2D eigenvalue weighted by Gasteiger charge is -2.32. The highest BCUT2D eigenvalue weighted by molar-refractivity contribution is 8.00. The highest BCUT2D eigenvalue weighted by atomic mass is 35.5. The molecule has 1 aromatic carbocycles. The molecule has 1 unspecified atom stereocenters. The lowest BCUT2D eigenvalue weighted by molar-refractivity contribution is -0.132. The number of likely N-dealkylation sites (tertiary alicyclic amines) is 1. The molecule has 1 saturated heterocycles. The number of nitrogens with two attached hydrogens (primary N) is 1. The van der Waals surface area contributed by atoms with Crippen LogP contribution < -0.4 is 5.73 Å². The van der Waals surface area contributed by atoms with Gasteiger partial charge in [0.25, 0.3) is 0 Å². The lowest BCUT2D eigenvalue weighted by atomic mass is 10.1. The monoisotopic (exact) mass is 334 g/mol. The first-order valence-corrected chi connectivity index (χ1v) is 7.78. The van der Waals surface area contributed by atoms with Crippen LogP contribution in [0.2, 0.25) is 5.02 Å². The van der Waals surface area contributed by atoms with Crippen LogP contribution in [0.3, 0.4) is 0 Å². The zero-order valence-corrected chi connectivity index (χ0v) is 13.8. The molecule has 2 rings (SSSR count). The van der Waals surface area contributed by atoms with Gasteiger partial charge >= 0.3 is 0 Å². The molecule has 6 heteroatoms. The number of benzene rings is 1. The molecule has 1 aliphatic heterocycles. The Hall–Kier alpha value is -0.420. The molecular formula is C14H20Cl2N2OS. The van der Waals surface area contributed by atoms with Crippen LogP contribution in [-0.4, -0.2) is 35.2 Å². The summed E-state index contributed by atoms with van der Waals surface area (Å²) in [7, 11) is 0.